The molecule has 11 heteroatoms. The van der Waals surface area contributed by atoms with Crippen LogP contribution in [0.25, 0.3) is 10.4 Å². The molecule has 192 valence electrons. The molecule has 0 saturated heterocycles. The number of ether oxygens (including phenoxy) is 2. The Morgan fingerprint density at radius 3 is 1.43 bits per heavy atom. The van der Waals surface area contributed by atoms with E-state index in [0.29, 0.717) is 21.8 Å². The van der Waals surface area contributed by atoms with Crippen LogP contribution in [0.4, 0.5) is 0 Å². The number of esters is 2. The van der Waals surface area contributed by atoms with Crippen LogP contribution in [0.5, 0.6) is 0 Å². The zero-order valence-corrected chi connectivity index (χ0v) is 25.3. The van der Waals surface area contributed by atoms with Crippen molar-refractivity contribution in [2.45, 2.75) is 12.8 Å². The van der Waals surface area contributed by atoms with E-state index in [9.17, 15) is 14.2 Å². The van der Waals surface area contributed by atoms with Crippen LogP contribution in [0.3, 0.4) is 0 Å². The zero-order chi connectivity index (χ0) is 27.3. The number of methoxy groups -OCH3 is 2. The summed E-state index contributed by atoms with van der Waals surface area (Å²) in [5, 5.41) is 1.09. The highest BCUT2D eigenvalue weighted by atomic mass is 127. The van der Waals surface area contributed by atoms with E-state index < -0.39 is 7.29 Å². The molecule has 8 nitrogen and oxygen atoms in total. The summed E-state index contributed by atoms with van der Waals surface area (Å²) in [6.07, 6.45) is 9.42. The largest absolute Gasteiger partial charge is 0.465 e. The first-order valence-corrected chi connectivity index (χ1v) is 14.7. The van der Waals surface area contributed by atoms with Gasteiger partial charge in [-0.25, -0.2) is 9.59 Å². The Bertz CT molecular complexity index is 1240. The summed E-state index contributed by atoms with van der Waals surface area (Å²) in [6.45, 7) is 0. The fraction of sp³-hybridized carbons (Fsp3) is 0.154. The summed E-state index contributed by atoms with van der Waals surface area (Å²) >= 11 is 4.25. The van der Waals surface area contributed by atoms with Gasteiger partial charge in [-0.15, -0.1) is 0 Å². The molecule has 0 atom stereocenters. The number of azide groups is 1. The molecule has 2 aliphatic carbocycles. The van der Waals surface area contributed by atoms with Crippen molar-refractivity contribution in [3.8, 4) is 0 Å². The van der Waals surface area contributed by atoms with Gasteiger partial charge in [-0.2, -0.15) is 0 Å². The van der Waals surface area contributed by atoms with E-state index in [4.69, 9.17) is 5.53 Å². The minimum absolute atomic E-state index is 0.238. The molecule has 0 N–H and O–H groups in total. The first-order valence-electron chi connectivity index (χ1n) is 10.8. The molecule has 0 fully saturated rings. The SMILES string of the molecule is COC(=O)C1=CCC=C1I.COC(=O)C1=CCC=C1I.[N-]=[N+]=NP(=O)(c1ccccc1)c1ccccc1. The second kappa shape index (κ2) is 15.6. The van der Waals surface area contributed by atoms with E-state index in [0.717, 1.165) is 20.0 Å². The van der Waals surface area contributed by atoms with Gasteiger partial charge in [-0.05, 0) is 68.4 Å². The molecule has 0 bridgehead atoms. The van der Waals surface area contributed by atoms with Crippen molar-refractivity contribution in [1.29, 1.82) is 0 Å². The normalized spacial score (nSPS) is 13.6. The van der Waals surface area contributed by atoms with Gasteiger partial charge < -0.3 is 14.0 Å². The Labute approximate surface area is 242 Å². The van der Waals surface area contributed by atoms with Gasteiger partial charge in [-0.3, -0.25) is 0 Å². The maximum absolute atomic E-state index is 12.8. The van der Waals surface area contributed by atoms with Crippen LogP contribution in [-0.2, 0) is 23.6 Å². The summed E-state index contributed by atoms with van der Waals surface area (Å²) in [7, 11) is -0.427. The molecule has 0 aliphatic heterocycles. The highest BCUT2D eigenvalue weighted by molar-refractivity contribution is 14.1. The molecule has 0 amide bonds. The molecule has 0 heterocycles. The lowest BCUT2D eigenvalue weighted by atomic mass is 10.3. The van der Waals surface area contributed by atoms with Crippen LogP contribution in [0.2, 0.25) is 0 Å². The van der Waals surface area contributed by atoms with Crippen molar-refractivity contribution in [1.82, 2.24) is 0 Å². The Morgan fingerprint density at radius 2 is 1.16 bits per heavy atom. The molecule has 37 heavy (non-hydrogen) atoms. The highest BCUT2D eigenvalue weighted by Gasteiger charge is 2.25. The molecule has 2 aromatic rings. The van der Waals surface area contributed by atoms with Crippen molar-refractivity contribution < 1.29 is 23.6 Å². The Morgan fingerprint density at radius 1 is 0.784 bits per heavy atom. The number of rotatable bonds is 5. The predicted molar refractivity (Wildman–Crippen MR) is 163 cm³/mol. The van der Waals surface area contributed by atoms with Gasteiger partial charge in [0.05, 0.1) is 25.4 Å². The standard InChI is InChI=1S/C12H10N3OP.2C7H7IO2/c13-14-15-17(16,11-7-3-1-4-8-11)12-9-5-2-6-10-12;2*1-10-7(9)5-3-2-4-6(5)8/h1-10H;2*3-4H,2H2,1H3. The summed E-state index contributed by atoms with van der Waals surface area (Å²) in [4.78, 5) is 28.0. The second-order valence-corrected chi connectivity index (χ2v) is 11.9. The van der Waals surface area contributed by atoms with E-state index in [-0.39, 0.29) is 11.9 Å². The molecule has 2 aliphatic rings. The number of carbonyl (C=O) groups excluding carboxylic acids is 2. The van der Waals surface area contributed by atoms with Crippen LogP contribution in [0.1, 0.15) is 12.8 Å². The predicted octanol–water partition coefficient (Wildman–Crippen LogP) is 6.84. The van der Waals surface area contributed by atoms with Crippen molar-refractivity contribution in [3.05, 3.63) is 114 Å². The van der Waals surface area contributed by atoms with Crippen molar-refractivity contribution in [2.24, 2.45) is 4.88 Å². The molecule has 4 rings (SSSR count). The number of halogens is 2. The van der Waals surface area contributed by atoms with Crippen molar-refractivity contribution in [3.63, 3.8) is 0 Å². The molecular weight excluding hydrogens is 719 g/mol. The van der Waals surface area contributed by atoms with Gasteiger partial charge in [0.25, 0.3) is 0 Å². The quantitative estimate of drug-likeness (QED) is 0.0831. The number of hydrogen-bond acceptors (Lipinski definition) is 5. The third-order valence-corrected chi connectivity index (χ3v) is 9.31. The van der Waals surface area contributed by atoms with E-state index >= 15 is 0 Å². The Hall–Kier alpha value is -2.66. The van der Waals surface area contributed by atoms with Crippen molar-refractivity contribution >= 4 is 75.0 Å². The summed E-state index contributed by atoms with van der Waals surface area (Å²) < 4.78 is 23.9. The van der Waals surface area contributed by atoms with Gasteiger partial charge >= 0.3 is 11.9 Å². The number of nitrogens with zero attached hydrogens (tertiary/aromatic N) is 3. The summed E-state index contributed by atoms with van der Waals surface area (Å²) in [5.74, 6) is -0.476. The Balaban J connectivity index is 0.000000208. The van der Waals surface area contributed by atoms with Gasteiger partial charge in [0.2, 0.25) is 7.29 Å². The first kappa shape index (κ1) is 30.6. The zero-order valence-electron chi connectivity index (χ0n) is 20.1. The first-order chi connectivity index (χ1) is 17.8. The minimum Gasteiger partial charge on any atom is -0.465 e. The highest BCUT2D eigenvalue weighted by Crippen LogP contribution is 2.44. The molecule has 2 aromatic carbocycles. The fourth-order valence-corrected chi connectivity index (χ4v) is 6.28. The third kappa shape index (κ3) is 8.70. The van der Waals surface area contributed by atoms with Crippen LogP contribution in [0, 0.1) is 0 Å². The average molecular weight is 743 g/mol. The second-order valence-electron chi connectivity index (χ2n) is 7.22. The van der Waals surface area contributed by atoms with E-state index in [1.54, 1.807) is 48.5 Å². The smallest absolute Gasteiger partial charge is 0.338 e. The maximum Gasteiger partial charge on any atom is 0.338 e. The topological polar surface area (TPSA) is 118 Å². The van der Waals surface area contributed by atoms with Gasteiger partial charge in [-0.1, -0.05) is 85.0 Å². The average Bonchev–Trinajstić information content (AvgIpc) is 3.57. The van der Waals surface area contributed by atoms with Gasteiger partial charge in [0.15, 0.2) is 0 Å². The molecule has 0 saturated carbocycles. The van der Waals surface area contributed by atoms with Crippen LogP contribution in [0.15, 0.2) is 108 Å². The number of allylic oxidation sites excluding steroid dienone is 4. The van der Waals surface area contributed by atoms with Crippen LogP contribution in [-0.4, -0.2) is 26.2 Å². The third-order valence-electron chi connectivity index (χ3n) is 4.94. The monoisotopic (exact) mass is 743 g/mol. The van der Waals surface area contributed by atoms with Gasteiger partial charge in [0.1, 0.15) is 0 Å². The number of hydrogen-bond donors (Lipinski definition) is 0. The Kier molecular flexibility index (Phi) is 12.9. The maximum atomic E-state index is 12.8. The molecule has 0 radical (unpaired) electrons. The van der Waals surface area contributed by atoms with E-state index in [1.165, 1.54) is 14.2 Å². The number of benzene rings is 2. The van der Waals surface area contributed by atoms with E-state index in [2.05, 4.69) is 64.5 Å². The lowest BCUT2D eigenvalue weighted by Crippen LogP contribution is -2.13. The fourth-order valence-electron chi connectivity index (χ4n) is 3.13. The lowest BCUT2D eigenvalue weighted by Gasteiger charge is -2.12. The van der Waals surface area contributed by atoms with Crippen LogP contribution < -0.4 is 10.6 Å². The lowest BCUT2D eigenvalue weighted by molar-refractivity contribution is -0.136. The van der Waals surface area contributed by atoms with E-state index in [1.807, 2.05) is 36.4 Å². The van der Waals surface area contributed by atoms with Gasteiger partial charge in [0, 0.05) is 22.7 Å². The number of carbonyl (C=O) groups is 2. The summed E-state index contributed by atoms with van der Waals surface area (Å²) in [5.41, 5.74) is 10.0. The molecule has 0 aromatic heterocycles. The molecular formula is C26H24I2N3O5P. The minimum atomic E-state index is -3.22. The van der Waals surface area contributed by atoms with Crippen LogP contribution >= 0.6 is 52.5 Å². The molecule has 0 spiro atoms. The summed E-state index contributed by atoms with van der Waals surface area (Å²) in [6, 6.07) is 17.6. The molecule has 0 unspecified atom stereocenters. The van der Waals surface area contributed by atoms with Crippen molar-refractivity contribution in [2.75, 3.05) is 14.2 Å².